The number of nitrogens with zero attached hydrogens (tertiary/aromatic N) is 2. The molecule has 3 aromatic rings. The summed E-state index contributed by atoms with van der Waals surface area (Å²) in [4.78, 5) is 4.33. The van der Waals surface area contributed by atoms with Crippen LogP contribution in [0.2, 0.25) is 0 Å². The van der Waals surface area contributed by atoms with Gasteiger partial charge in [-0.2, -0.15) is 0 Å². The first-order valence-electron chi connectivity index (χ1n) is 4.81. The molecule has 3 rings (SSSR count). The molecular formula is C11H9N3O2. The van der Waals surface area contributed by atoms with E-state index >= 15 is 0 Å². The second kappa shape index (κ2) is 3.10. The maximum atomic E-state index is 5.66. The van der Waals surface area contributed by atoms with Crippen LogP contribution in [-0.4, -0.2) is 10.1 Å². The van der Waals surface area contributed by atoms with Crippen molar-refractivity contribution >= 4 is 16.8 Å². The summed E-state index contributed by atoms with van der Waals surface area (Å²) in [6.45, 7) is 1.84. The summed E-state index contributed by atoms with van der Waals surface area (Å²) < 4.78 is 10.4. The van der Waals surface area contributed by atoms with Gasteiger partial charge in [-0.3, -0.25) is 0 Å². The molecule has 0 fully saturated rings. The van der Waals surface area contributed by atoms with E-state index in [4.69, 9.17) is 14.7 Å². The normalized spacial score (nSPS) is 11.1. The van der Waals surface area contributed by atoms with Gasteiger partial charge in [-0.05, 0) is 19.1 Å². The Morgan fingerprint density at radius 2 is 2.19 bits per heavy atom. The van der Waals surface area contributed by atoms with Crippen LogP contribution in [0.15, 0.2) is 33.4 Å². The summed E-state index contributed by atoms with van der Waals surface area (Å²) in [5.41, 5.74) is 9.25. The number of benzene rings is 1. The Balaban J connectivity index is 2.23. The summed E-state index contributed by atoms with van der Waals surface area (Å²) in [5, 5.41) is 3.78. The summed E-state index contributed by atoms with van der Waals surface area (Å²) >= 11 is 0. The highest BCUT2D eigenvalue weighted by Crippen LogP contribution is 2.27. The molecule has 5 heteroatoms. The van der Waals surface area contributed by atoms with Crippen LogP contribution in [0.5, 0.6) is 0 Å². The summed E-state index contributed by atoms with van der Waals surface area (Å²) in [5.74, 6) is 0.499. The third-order valence-corrected chi connectivity index (χ3v) is 2.39. The minimum Gasteiger partial charge on any atom is -0.436 e. The van der Waals surface area contributed by atoms with E-state index in [2.05, 4.69) is 10.1 Å². The average Bonchev–Trinajstić information content (AvgIpc) is 2.82. The Morgan fingerprint density at radius 3 is 2.94 bits per heavy atom. The minimum absolute atomic E-state index is 0.499. The third kappa shape index (κ3) is 1.25. The Bertz CT molecular complexity index is 654. The van der Waals surface area contributed by atoms with E-state index in [1.54, 1.807) is 12.1 Å². The number of aryl methyl sites for hydroxylation is 1. The van der Waals surface area contributed by atoms with Gasteiger partial charge in [0.1, 0.15) is 11.8 Å². The smallest absolute Gasteiger partial charge is 0.232 e. The molecule has 0 radical (unpaired) electrons. The van der Waals surface area contributed by atoms with Crippen molar-refractivity contribution in [3.05, 3.63) is 30.2 Å². The average molecular weight is 215 g/mol. The zero-order valence-corrected chi connectivity index (χ0v) is 8.60. The fraction of sp³-hybridized carbons (Fsp3) is 0.0909. The van der Waals surface area contributed by atoms with E-state index in [0.717, 1.165) is 16.8 Å². The number of hydrogen-bond donors (Lipinski definition) is 1. The van der Waals surface area contributed by atoms with Gasteiger partial charge in [-0.15, -0.1) is 0 Å². The van der Waals surface area contributed by atoms with E-state index in [1.165, 1.54) is 6.26 Å². The van der Waals surface area contributed by atoms with Crippen molar-refractivity contribution in [3.8, 4) is 11.5 Å². The fourth-order valence-electron chi connectivity index (χ4n) is 1.55. The molecule has 2 heterocycles. The Labute approximate surface area is 90.9 Å². The zero-order chi connectivity index (χ0) is 11.1. The van der Waals surface area contributed by atoms with Gasteiger partial charge in [-0.25, -0.2) is 4.98 Å². The van der Waals surface area contributed by atoms with Gasteiger partial charge in [0.15, 0.2) is 5.58 Å². The lowest BCUT2D eigenvalue weighted by Gasteiger charge is -1.88. The Hall–Kier alpha value is -2.30. The van der Waals surface area contributed by atoms with Crippen LogP contribution in [0.25, 0.3) is 22.6 Å². The van der Waals surface area contributed by atoms with E-state index in [0.29, 0.717) is 17.2 Å². The van der Waals surface area contributed by atoms with Crippen molar-refractivity contribution in [2.24, 2.45) is 0 Å². The van der Waals surface area contributed by atoms with Crippen LogP contribution in [0, 0.1) is 6.92 Å². The molecule has 0 aliphatic heterocycles. The van der Waals surface area contributed by atoms with Gasteiger partial charge in [0.25, 0.3) is 0 Å². The quantitative estimate of drug-likeness (QED) is 0.630. The van der Waals surface area contributed by atoms with Crippen molar-refractivity contribution in [2.75, 3.05) is 5.73 Å². The predicted molar refractivity (Wildman–Crippen MR) is 58.7 cm³/mol. The molecule has 2 N–H and O–H groups in total. The van der Waals surface area contributed by atoms with Crippen LogP contribution in [0.1, 0.15) is 5.69 Å². The minimum atomic E-state index is 0.499. The van der Waals surface area contributed by atoms with Crippen LogP contribution in [0.3, 0.4) is 0 Å². The van der Waals surface area contributed by atoms with Crippen molar-refractivity contribution in [1.82, 2.24) is 10.1 Å². The maximum absolute atomic E-state index is 5.66. The number of nitrogens with two attached hydrogens (primary N) is 1. The molecule has 0 amide bonds. The summed E-state index contributed by atoms with van der Waals surface area (Å²) in [6, 6.07) is 5.35. The fourth-order valence-corrected chi connectivity index (χ4v) is 1.55. The van der Waals surface area contributed by atoms with Crippen molar-refractivity contribution < 1.29 is 8.94 Å². The number of nitrogen functional groups attached to an aromatic ring is 1. The Morgan fingerprint density at radius 1 is 1.31 bits per heavy atom. The summed E-state index contributed by atoms with van der Waals surface area (Å²) in [7, 11) is 0. The lowest BCUT2D eigenvalue weighted by molar-refractivity contribution is 0.415. The first-order chi connectivity index (χ1) is 7.74. The maximum Gasteiger partial charge on any atom is 0.232 e. The molecule has 0 bridgehead atoms. The first kappa shape index (κ1) is 8.96. The van der Waals surface area contributed by atoms with Gasteiger partial charge >= 0.3 is 0 Å². The number of anilines is 1. The second-order valence-corrected chi connectivity index (χ2v) is 3.56. The predicted octanol–water partition coefficient (Wildman–Crippen LogP) is 2.37. The van der Waals surface area contributed by atoms with Gasteiger partial charge in [-0.1, -0.05) is 5.16 Å². The van der Waals surface area contributed by atoms with Crippen LogP contribution < -0.4 is 5.73 Å². The second-order valence-electron chi connectivity index (χ2n) is 3.56. The number of fused-ring (bicyclic) bond motifs is 1. The number of hydrogen-bond acceptors (Lipinski definition) is 5. The molecule has 0 unspecified atom stereocenters. The molecule has 5 nitrogen and oxygen atoms in total. The lowest BCUT2D eigenvalue weighted by atomic mass is 10.3. The number of aromatic nitrogens is 2. The highest BCUT2D eigenvalue weighted by atomic mass is 16.5. The standard InChI is InChI=1S/C11H9N3O2/c1-6-8(5-15-14-6)11-13-9-3-2-7(12)4-10(9)16-11/h2-5H,12H2,1H3. The van der Waals surface area contributed by atoms with E-state index < -0.39 is 0 Å². The Kier molecular flexibility index (Phi) is 1.73. The molecule has 0 saturated heterocycles. The molecule has 16 heavy (non-hydrogen) atoms. The lowest BCUT2D eigenvalue weighted by Crippen LogP contribution is -1.81. The van der Waals surface area contributed by atoms with E-state index in [9.17, 15) is 0 Å². The number of oxazole rings is 1. The van der Waals surface area contributed by atoms with E-state index in [-0.39, 0.29) is 0 Å². The van der Waals surface area contributed by atoms with Crippen LogP contribution >= 0.6 is 0 Å². The zero-order valence-electron chi connectivity index (χ0n) is 8.60. The van der Waals surface area contributed by atoms with Crippen molar-refractivity contribution in [1.29, 1.82) is 0 Å². The van der Waals surface area contributed by atoms with Crippen molar-refractivity contribution in [2.45, 2.75) is 6.92 Å². The highest BCUT2D eigenvalue weighted by Gasteiger charge is 2.13. The molecule has 0 spiro atoms. The highest BCUT2D eigenvalue weighted by molar-refractivity contribution is 5.79. The van der Waals surface area contributed by atoms with Gasteiger partial charge in [0.2, 0.25) is 5.89 Å². The molecule has 0 saturated carbocycles. The first-order valence-corrected chi connectivity index (χ1v) is 4.81. The molecule has 2 aromatic heterocycles. The number of rotatable bonds is 1. The SMILES string of the molecule is Cc1nocc1-c1nc2ccc(N)cc2o1. The van der Waals surface area contributed by atoms with Crippen molar-refractivity contribution in [3.63, 3.8) is 0 Å². The molecule has 1 aromatic carbocycles. The van der Waals surface area contributed by atoms with E-state index in [1.807, 2.05) is 13.0 Å². The van der Waals surface area contributed by atoms with Gasteiger partial charge in [0.05, 0.1) is 11.3 Å². The monoisotopic (exact) mass is 215 g/mol. The van der Waals surface area contributed by atoms with Gasteiger partial charge < -0.3 is 14.7 Å². The molecule has 0 aliphatic rings. The third-order valence-electron chi connectivity index (χ3n) is 2.39. The molecular weight excluding hydrogens is 206 g/mol. The van der Waals surface area contributed by atoms with Gasteiger partial charge in [0, 0.05) is 11.8 Å². The topological polar surface area (TPSA) is 78.1 Å². The molecule has 0 aliphatic carbocycles. The molecule has 0 atom stereocenters. The van der Waals surface area contributed by atoms with Crippen LogP contribution in [0.4, 0.5) is 5.69 Å². The largest absolute Gasteiger partial charge is 0.436 e. The molecule has 80 valence electrons. The van der Waals surface area contributed by atoms with Crippen LogP contribution in [-0.2, 0) is 0 Å². The summed E-state index contributed by atoms with van der Waals surface area (Å²) in [6.07, 6.45) is 1.52.